The zero-order valence-corrected chi connectivity index (χ0v) is 23.7. The summed E-state index contributed by atoms with van der Waals surface area (Å²) in [6.07, 6.45) is 0.681. The van der Waals surface area contributed by atoms with Crippen LogP contribution in [0.5, 0.6) is 11.5 Å². The minimum Gasteiger partial charge on any atom is -0.507 e. The number of carbonyl (C=O) groups excluding carboxylic acids is 2. The van der Waals surface area contributed by atoms with Crippen LogP contribution in [0, 0.1) is 5.82 Å². The summed E-state index contributed by atoms with van der Waals surface area (Å²) in [6.45, 7) is 1.96. The van der Waals surface area contributed by atoms with Gasteiger partial charge in [-0.2, -0.15) is 0 Å². The molecule has 3 aromatic carbocycles. The average molecular weight is 590 g/mol. The van der Waals surface area contributed by atoms with Crippen molar-refractivity contribution in [2.75, 3.05) is 12.0 Å². The number of carbonyl (C=O) groups is 2. The first-order chi connectivity index (χ1) is 19.8. The van der Waals surface area contributed by atoms with E-state index in [-0.39, 0.29) is 28.4 Å². The number of nitrogens with zero attached hydrogens (tertiary/aromatic N) is 3. The van der Waals surface area contributed by atoms with E-state index in [0.29, 0.717) is 39.0 Å². The summed E-state index contributed by atoms with van der Waals surface area (Å²) in [4.78, 5) is 28.3. The normalized spacial score (nSPS) is 19.3. The van der Waals surface area contributed by atoms with Crippen LogP contribution >= 0.6 is 23.1 Å². The van der Waals surface area contributed by atoms with Crippen LogP contribution in [0.3, 0.4) is 0 Å². The molecule has 8 nitrogen and oxygen atoms in total. The van der Waals surface area contributed by atoms with E-state index in [0.717, 1.165) is 22.6 Å². The number of halogens is 1. The lowest BCUT2D eigenvalue weighted by molar-refractivity contribution is -0.132. The molecule has 0 unspecified atom stereocenters. The van der Waals surface area contributed by atoms with Gasteiger partial charge < -0.3 is 14.6 Å². The van der Waals surface area contributed by atoms with Gasteiger partial charge in [-0.25, -0.2) is 4.39 Å². The molecule has 1 fully saturated rings. The maximum absolute atomic E-state index is 14.1. The van der Waals surface area contributed by atoms with Crippen molar-refractivity contribution in [3.8, 4) is 11.5 Å². The van der Waals surface area contributed by atoms with Crippen LogP contribution in [0.15, 0.2) is 76.6 Å². The minimum atomic E-state index is -0.957. The number of hydrogen-bond donors (Lipinski definition) is 1. The molecule has 41 heavy (non-hydrogen) atoms. The van der Waals surface area contributed by atoms with Gasteiger partial charge in [0, 0.05) is 17.7 Å². The monoisotopic (exact) mass is 589 g/mol. The van der Waals surface area contributed by atoms with Gasteiger partial charge in [-0.1, -0.05) is 53.4 Å². The van der Waals surface area contributed by atoms with Gasteiger partial charge in [-0.15, -0.1) is 10.2 Å². The SMILES string of the molecule is COc1ccc([C@H]2C(=C(O)c3ccc4c(c3)C[C@@H](C)O4)C(=O)C(=O)N2c2nnc(SCc3ccccc3F)s2)cc1. The zero-order valence-electron chi connectivity index (χ0n) is 22.0. The van der Waals surface area contributed by atoms with E-state index in [2.05, 4.69) is 10.2 Å². The largest absolute Gasteiger partial charge is 0.507 e. The van der Waals surface area contributed by atoms with Crippen molar-refractivity contribution < 1.29 is 28.6 Å². The zero-order chi connectivity index (χ0) is 28.7. The Hall–Kier alpha value is -4.22. The molecule has 0 bridgehead atoms. The third-order valence-corrected chi connectivity index (χ3v) is 9.06. The summed E-state index contributed by atoms with van der Waals surface area (Å²) >= 11 is 2.40. The Kier molecular flexibility index (Phi) is 7.22. The van der Waals surface area contributed by atoms with Gasteiger partial charge in [0.2, 0.25) is 5.13 Å². The second kappa shape index (κ2) is 11.0. The molecular weight excluding hydrogens is 565 g/mol. The number of anilines is 1. The maximum Gasteiger partial charge on any atom is 0.301 e. The number of aliphatic hydroxyl groups excluding tert-OH is 1. The van der Waals surface area contributed by atoms with E-state index in [1.807, 2.05) is 6.92 Å². The van der Waals surface area contributed by atoms with Crippen LogP contribution in [0.4, 0.5) is 9.52 Å². The van der Waals surface area contributed by atoms with Crippen molar-refractivity contribution in [2.24, 2.45) is 0 Å². The fraction of sp³-hybridized carbons (Fsp3) is 0.200. The van der Waals surface area contributed by atoms with Crippen molar-refractivity contribution in [1.82, 2.24) is 10.2 Å². The number of hydrogen-bond acceptors (Lipinski definition) is 9. The van der Waals surface area contributed by atoms with Crippen LogP contribution in [0.2, 0.25) is 0 Å². The van der Waals surface area contributed by atoms with E-state index in [1.165, 1.54) is 22.7 Å². The van der Waals surface area contributed by atoms with Crippen molar-refractivity contribution >= 4 is 45.7 Å². The number of amides is 1. The van der Waals surface area contributed by atoms with Gasteiger partial charge in [0.05, 0.1) is 18.7 Å². The summed E-state index contributed by atoms with van der Waals surface area (Å²) in [5.41, 5.74) is 2.37. The highest BCUT2D eigenvalue weighted by Gasteiger charge is 2.48. The first kappa shape index (κ1) is 27.0. The van der Waals surface area contributed by atoms with Gasteiger partial charge in [-0.3, -0.25) is 14.5 Å². The molecule has 0 aliphatic carbocycles. The van der Waals surface area contributed by atoms with Crippen LogP contribution in [0.25, 0.3) is 5.76 Å². The molecule has 1 aromatic heterocycles. The Labute approximate surface area is 243 Å². The van der Waals surface area contributed by atoms with Crippen LogP contribution in [0.1, 0.15) is 35.2 Å². The molecule has 2 atom stereocenters. The Balaban J connectivity index is 1.39. The molecule has 2 aliphatic heterocycles. The highest BCUT2D eigenvalue weighted by atomic mass is 32.2. The van der Waals surface area contributed by atoms with Gasteiger partial charge >= 0.3 is 5.91 Å². The van der Waals surface area contributed by atoms with Gasteiger partial charge in [0.1, 0.15) is 29.2 Å². The van der Waals surface area contributed by atoms with Crippen molar-refractivity contribution in [1.29, 1.82) is 0 Å². The third kappa shape index (κ3) is 5.07. The molecule has 0 radical (unpaired) electrons. The van der Waals surface area contributed by atoms with Crippen molar-refractivity contribution in [2.45, 2.75) is 35.6 Å². The lowest BCUT2D eigenvalue weighted by atomic mass is 9.94. The Morgan fingerprint density at radius 1 is 1.15 bits per heavy atom. The Morgan fingerprint density at radius 3 is 2.68 bits per heavy atom. The van der Waals surface area contributed by atoms with E-state index in [4.69, 9.17) is 9.47 Å². The van der Waals surface area contributed by atoms with Crippen LogP contribution < -0.4 is 14.4 Å². The molecule has 6 rings (SSSR count). The number of ether oxygens (including phenoxy) is 2. The number of ketones is 1. The molecule has 1 saturated heterocycles. The fourth-order valence-electron chi connectivity index (χ4n) is 4.97. The molecule has 11 heteroatoms. The first-order valence-corrected chi connectivity index (χ1v) is 14.6. The third-order valence-electron chi connectivity index (χ3n) is 6.96. The van der Waals surface area contributed by atoms with E-state index >= 15 is 0 Å². The molecule has 3 heterocycles. The first-order valence-electron chi connectivity index (χ1n) is 12.8. The number of aliphatic hydroxyl groups is 1. The topological polar surface area (TPSA) is 102 Å². The predicted molar refractivity (Wildman–Crippen MR) is 154 cm³/mol. The summed E-state index contributed by atoms with van der Waals surface area (Å²) in [5, 5.41) is 20.1. The molecule has 4 aromatic rings. The van der Waals surface area contributed by atoms with Crippen molar-refractivity contribution in [3.05, 3.63) is 100 Å². The van der Waals surface area contributed by atoms with Crippen LogP contribution in [-0.4, -0.2) is 40.2 Å². The van der Waals surface area contributed by atoms with E-state index in [9.17, 15) is 19.1 Å². The molecule has 0 spiro atoms. The van der Waals surface area contributed by atoms with Gasteiger partial charge in [0.15, 0.2) is 4.34 Å². The molecule has 208 valence electrons. The lowest BCUT2D eigenvalue weighted by Gasteiger charge is -2.22. The quantitative estimate of drug-likeness (QED) is 0.0931. The molecule has 1 N–H and O–H groups in total. The standard InChI is InChI=1S/C30H24FN3O5S2/c1-16-13-20-14-18(9-12-23(20)39-16)26(35)24-25(17-7-10-21(38-2)11-8-17)34(28(37)27(24)36)29-32-33-30(41-29)40-15-19-5-3-4-6-22(19)31/h3-12,14,16,25,35H,13,15H2,1-2H3/t16-,25+/m1/s1. The molecular formula is C30H24FN3O5S2. The van der Waals surface area contributed by atoms with Gasteiger partial charge in [0.25, 0.3) is 5.78 Å². The molecule has 1 amide bonds. The number of Topliss-reactive ketones (excluding diaryl/α,β-unsaturated/α-hetero) is 1. The molecule has 2 aliphatic rings. The van der Waals surface area contributed by atoms with E-state index < -0.39 is 17.7 Å². The average Bonchev–Trinajstić information content (AvgIpc) is 3.67. The lowest BCUT2D eigenvalue weighted by Crippen LogP contribution is -2.29. The summed E-state index contributed by atoms with van der Waals surface area (Å²) < 4.78 is 25.7. The Morgan fingerprint density at radius 2 is 1.93 bits per heavy atom. The number of benzene rings is 3. The van der Waals surface area contributed by atoms with Crippen molar-refractivity contribution in [3.63, 3.8) is 0 Å². The number of thioether (sulfide) groups is 1. The highest BCUT2D eigenvalue weighted by molar-refractivity contribution is 8.00. The van der Waals surface area contributed by atoms with E-state index in [1.54, 1.807) is 67.8 Å². The number of fused-ring (bicyclic) bond motifs is 1. The predicted octanol–water partition coefficient (Wildman–Crippen LogP) is 5.93. The number of rotatable bonds is 7. The summed E-state index contributed by atoms with van der Waals surface area (Å²) in [5.74, 6) is -0.605. The number of aromatic nitrogens is 2. The van der Waals surface area contributed by atoms with Gasteiger partial charge in [-0.05, 0) is 60.0 Å². The maximum atomic E-state index is 14.1. The molecule has 0 saturated carbocycles. The second-order valence-electron chi connectivity index (χ2n) is 9.63. The second-order valence-corrected chi connectivity index (χ2v) is 11.8. The smallest absolute Gasteiger partial charge is 0.301 e. The highest BCUT2D eigenvalue weighted by Crippen LogP contribution is 2.45. The minimum absolute atomic E-state index is 0.00938. The fourth-order valence-corrected chi connectivity index (χ4v) is 6.82. The Bertz CT molecular complexity index is 1690. The van der Waals surface area contributed by atoms with Crippen LogP contribution in [-0.2, 0) is 21.8 Å². The summed E-state index contributed by atoms with van der Waals surface area (Å²) in [7, 11) is 1.54. The number of methoxy groups -OCH3 is 1. The summed E-state index contributed by atoms with van der Waals surface area (Å²) in [6, 6.07) is 17.7.